The number of aromatic hydroxyl groups is 1. The Hall–Kier alpha value is -4.19. The third-order valence-electron chi connectivity index (χ3n) is 4.57. The molecule has 156 valence electrons. The number of amides is 2. The molecule has 31 heavy (non-hydrogen) atoms. The lowest BCUT2D eigenvalue weighted by Crippen LogP contribution is -2.18. The van der Waals surface area contributed by atoms with E-state index >= 15 is 0 Å². The number of hydrogen-bond acceptors (Lipinski definition) is 4. The largest absolute Gasteiger partial charge is 0.507 e. The van der Waals surface area contributed by atoms with Crippen molar-refractivity contribution in [3.05, 3.63) is 107 Å². The lowest BCUT2D eigenvalue weighted by Gasteiger charge is -2.07. The van der Waals surface area contributed by atoms with E-state index in [1.807, 2.05) is 19.1 Å². The molecule has 3 aromatic rings. The Balaban J connectivity index is 1.60. The van der Waals surface area contributed by atoms with Crippen LogP contribution in [0, 0.1) is 6.92 Å². The summed E-state index contributed by atoms with van der Waals surface area (Å²) in [5, 5.41) is 16.9. The number of allylic oxidation sites excluding steroid dienone is 1. The minimum Gasteiger partial charge on any atom is -0.507 e. The van der Waals surface area contributed by atoms with Gasteiger partial charge < -0.3 is 10.4 Å². The number of hydrogen-bond donors (Lipinski definition) is 3. The minimum absolute atomic E-state index is 0.106. The molecular weight excluding hydrogens is 390 g/mol. The van der Waals surface area contributed by atoms with E-state index in [0.29, 0.717) is 28.8 Å². The average Bonchev–Trinajstić information content (AvgIpc) is 2.77. The van der Waals surface area contributed by atoms with Crippen LogP contribution in [0.3, 0.4) is 0 Å². The summed E-state index contributed by atoms with van der Waals surface area (Å²) in [5.41, 5.74) is 6.19. The van der Waals surface area contributed by atoms with Crippen molar-refractivity contribution in [1.82, 2.24) is 5.43 Å². The van der Waals surface area contributed by atoms with Crippen LogP contribution in [0.1, 0.15) is 37.4 Å². The van der Waals surface area contributed by atoms with E-state index < -0.39 is 5.91 Å². The first kappa shape index (κ1) is 21.5. The summed E-state index contributed by atoms with van der Waals surface area (Å²) in [6, 6.07) is 19.1. The maximum absolute atomic E-state index is 12.3. The Morgan fingerprint density at radius 2 is 1.74 bits per heavy atom. The van der Waals surface area contributed by atoms with E-state index in [1.54, 1.807) is 60.7 Å². The lowest BCUT2D eigenvalue weighted by atomic mass is 10.1. The second kappa shape index (κ2) is 10.0. The summed E-state index contributed by atoms with van der Waals surface area (Å²) in [6.45, 7) is 5.58. The molecule has 0 spiro atoms. The van der Waals surface area contributed by atoms with Gasteiger partial charge in [0.25, 0.3) is 11.8 Å². The fourth-order valence-electron chi connectivity index (χ4n) is 2.96. The molecule has 0 unspecified atom stereocenters. The van der Waals surface area contributed by atoms with Crippen molar-refractivity contribution in [1.29, 1.82) is 0 Å². The normalized spacial score (nSPS) is 10.6. The first-order chi connectivity index (χ1) is 15.0. The summed E-state index contributed by atoms with van der Waals surface area (Å²) in [5.74, 6) is -0.521. The van der Waals surface area contributed by atoms with Crippen LogP contribution in [-0.4, -0.2) is 23.1 Å². The Morgan fingerprint density at radius 3 is 2.45 bits per heavy atom. The van der Waals surface area contributed by atoms with Gasteiger partial charge in [-0.25, -0.2) is 5.43 Å². The zero-order valence-corrected chi connectivity index (χ0v) is 17.1. The van der Waals surface area contributed by atoms with Crippen LogP contribution in [-0.2, 0) is 6.42 Å². The molecule has 0 aliphatic rings. The molecular formula is C25H23N3O3. The Bertz CT molecular complexity index is 1140. The second-order valence-corrected chi connectivity index (χ2v) is 6.95. The van der Waals surface area contributed by atoms with Crippen molar-refractivity contribution in [3.63, 3.8) is 0 Å². The zero-order chi connectivity index (χ0) is 22.2. The number of rotatable bonds is 7. The average molecular weight is 413 g/mol. The van der Waals surface area contributed by atoms with Crippen molar-refractivity contribution < 1.29 is 14.7 Å². The molecule has 2 amide bonds. The summed E-state index contributed by atoms with van der Waals surface area (Å²) >= 11 is 0. The molecule has 6 heteroatoms. The molecule has 3 N–H and O–H groups in total. The topological polar surface area (TPSA) is 90.8 Å². The Labute approximate surface area is 180 Å². The fraction of sp³-hybridized carbons (Fsp3) is 0.0800. The van der Waals surface area contributed by atoms with Crippen molar-refractivity contribution in [2.75, 3.05) is 5.32 Å². The number of carbonyl (C=O) groups excluding carboxylic acids is 2. The van der Waals surface area contributed by atoms with Gasteiger partial charge in [-0.3, -0.25) is 9.59 Å². The van der Waals surface area contributed by atoms with E-state index in [2.05, 4.69) is 22.4 Å². The SMILES string of the molecule is C=CCc1cccc(C=NNC(=O)c2ccc(NC(=O)c3cccc(C)c3)cc2)c1O. The van der Waals surface area contributed by atoms with E-state index in [-0.39, 0.29) is 11.7 Å². The number of aryl methyl sites for hydroxylation is 1. The number of anilines is 1. The van der Waals surface area contributed by atoms with Gasteiger partial charge in [-0.2, -0.15) is 5.10 Å². The summed E-state index contributed by atoms with van der Waals surface area (Å²) in [6.07, 6.45) is 3.62. The minimum atomic E-state index is -0.408. The van der Waals surface area contributed by atoms with E-state index in [4.69, 9.17) is 0 Å². The highest BCUT2D eigenvalue weighted by atomic mass is 16.3. The Morgan fingerprint density at radius 1 is 1.00 bits per heavy atom. The smallest absolute Gasteiger partial charge is 0.271 e. The van der Waals surface area contributed by atoms with Crippen LogP contribution in [0.25, 0.3) is 0 Å². The number of hydrazone groups is 1. The molecule has 0 fully saturated rings. The van der Waals surface area contributed by atoms with Crippen molar-refractivity contribution in [2.24, 2.45) is 5.10 Å². The van der Waals surface area contributed by atoms with Crippen molar-refractivity contribution in [2.45, 2.75) is 13.3 Å². The van der Waals surface area contributed by atoms with Crippen LogP contribution in [0.5, 0.6) is 5.75 Å². The van der Waals surface area contributed by atoms with Crippen LogP contribution in [0.15, 0.2) is 84.5 Å². The number of carbonyl (C=O) groups is 2. The molecule has 0 radical (unpaired) electrons. The first-order valence-corrected chi connectivity index (χ1v) is 9.71. The van der Waals surface area contributed by atoms with Crippen LogP contribution >= 0.6 is 0 Å². The first-order valence-electron chi connectivity index (χ1n) is 9.71. The monoisotopic (exact) mass is 413 g/mol. The maximum Gasteiger partial charge on any atom is 0.271 e. The van der Waals surface area contributed by atoms with Crippen LogP contribution in [0.4, 0.5) is 5.69 Å². The molecule has 0 saturated carbocycles. The number of phenolic OH excluding ortho intramolecular Hbond substituents is 1. The predicted octanol–water partition coefficient (Wildman–Crippen LogP) is 4.45. The molecule has 0 bridgehead atoms. The van der Waals surface area contributed by atoms with Crippen molar-refractivity contribution in [3.8, 4) is 5.75 Å². The fourth-order valence-corrected chi connectivity index (χ4v) is 2.96. The van der Waals surface area contributed by atoms with Crippen LogP contribution < -0.4 is 10.7 Å². The highest BCUT2D eigenvalue weighted by molar-refractivity contribution is 6.04. The molecule has 3 rings (SSSR count). The van der Waals surface area contributed by atoms with Gasteiger partial charge in [0.1, 0.15) is 5.75 Å². The van der Waals surface area contributed by atoms with Gasteiger partial charge in [0.05, 0.1) is 6.21 Å². The number of para-hydroxylation sites is 1. The van der Waals surface area contributed by atoms with Gasteiger partial charge in [-0.15, -0.1) is 6.58 Å². The van der Waals surface area contributed by atoms with E-state index in [9.17, 15) is 14.7 Å². The van der Waals surface area contributed by atoms with E-state index in [1.165, 1.54) is 6.21 Å². The lowest BCUT2D eigenvalue weighted by molar-refractivity contribution is 0.0954. The quantitative estimate of drug-likeness (QED) is 0.304. The molecule has 6 nitrogen and oxygen atoms in total. The van der Waals surface area contributed by atoms with Gasteiger partial charge in [-0.05, 0) is 61.4 Å². The van der Waals surface area contributed by atoms with Gasteiger partial charge in [0.15, 0.2) is 0 Å². The van der Waals surface area contributed by atoms with Crippen molar-refractivity contribution >= 4 is 23.7 Å². The molecule has 0 aliphatic carbocycles. The standard InChI is InChI=1S/C25H23N3O3/c1-3-6-18-8-5-10-21(23(18)29)16-26-28-25(31)19-11-13-22(14-12-19)27-24(30)20-9-4-7-17(2)15-20/h3-5,7-16,29H,1,6H2,2H3,(H,27,30)(H,28,31). The number of benzene rings is 3. The zero-order valence-electron chi connectivity index (χ0n) is 17.1. The molecule has 0 aromatic heterocycles. The molecule has 3 aromatic carbocycles. The van der Waals surface area contributed by atoms with Gasteiger partial charge in [0.2, 0.25) is 0 Å². The third kappa shape index (κ3) is 5.67. The van der Waals surface area contributed by atoms with Gasteiger partial charge in [-0.1, -0.05) is 35.9 Å². The molecule has 0 aliphatic heterocycles. The summed E-state index contributed by atoms with van der Waals surface area (Å²) in [7, 11) is 0. The van der Waals surface area contributed by atoms with E-state index in [0.717, 1.165) is 11.1 Å². The highest BCUT2D eigenvalue weighted by Crippen LogP contribution is 2.21. The number of nitrogens with zero attached hydrogens (tertiary/aromatic N) is 1. The van der Waals surface area contributed by atoms with Crippen LogP contribution in [0.2, 0.25) is 0 Å². The molecule has 0 heterocycles. The molecule has 0 atom stereocenters. The summed E-state index contributed by atoms with van der Waals surface area (Å²) < 4.78 is 0. The summed E-state index contributed by atoms with van der Waals surface area (Å²) in [4.78, 5) is 24.6. The second-order valence-electron chi connectivity index (χ2n) is 6.95. The third-order valence-corrected chi connectivity index (χ3v) is 4.57. The number of phenols is 1. The molecule has 0 saturated heterocycles. The highest BCUT2D eigenvalue weighted by Gasteiger charge is 2.08. The van der Waals surface area contributed by atoms with Gasteiger partial charge >= 0.3 is 0 Å². The number of nitrogens with one attached hydrogen (secondary N) is 2. The van der Waals surface area contributed by atoms with Gasteiger partial charge in [0, 0.05) is 22.4 Å². The predicted molar refractivity (Wildman–Crippen MR) is 123 cm³/mol. The Kier molecular flexibility index (Phi) is 6.96. The maximum atomic E-state index is 12.3.